The fourth-order valence-electron chi connectivity index (χ4n) is 3.87. The second-order valence-corrected chi connectivity index (χ2v) is 7.80. The van der Waals surface area contributed by atoms with E-state index in [1.54, 1.807) is 0 Å². The van der Waals surface area contributed by atoms with Gasteiger partial charge in [-0.15, -0.1) is 0 Å². The van der Waals surface area contributed by atoms with E-state index in [-0.39, 0.29) is 36.4 Å². The maximum atomic E-state index is 13.8. The number of amides is 1. The Morgan fingerprint density at radius 3 is 2.38 bits per heavy atom. The van der Waals surface area contributed by atoms with Crippen LogP contribution in [0.3, 0.4) is 0 Å². The molecular weight excluding hydrogens is 427 g/mol. The highest BCUT2D eigenvalue weighted by molar-refractivity contribution is 5.96. The Hall–Kier alpha value is -3.07. The summed E-state index contributed by atoms with van der Waals surface area (Å²) in [6.07, 6.45) is 2.48. The van der Waals surface area contributed by atoms with Crippen LogP contribution in [0.25, 0.3) is 0 Å². The van der Waals surface area contributed by atoms with Crippen molar-refractivity contribution in [2.24, 2.45) is 11.8 Å². The van der Waals surface area contributed by atoms with Crippen molar-refractivity contribution in [3.05, 3.63) is 59.9 Å². The Bertz CT molecular complexity index is 955. The summed E-state index contributed by atoms with van der Waals surface area (Å²) >= 11 is 0. The number of nitrogens with zero attached hydrogens (tertiary/aromatic N) is 1. The maximum absolute atomic E-state index is 13.8. The number of benzene rings is 2. The Morgan fingerprint density at radius 1 is 0.969 bits per heavy atom. The normalized spacial score (nSPS) is 18.2. The van der Waals surface area contributed by atoms with Gasteiger partial charge in [-0.05, 0) is 61.4 Å². The predicted octanol–water partition coefficient (Wildman–Crippen LogP) is 5.29. The Labute approximate surface area is 183 Å². The zero-order valence-corrected chi connectivity index (χ0v) is 17.3. The molecule has 1 saturated carbocycles. The van der Waals surface area contributed by atoms with Gasteiger partial charge in [-0.3, -0.25) is 0 Å². The van der Waals surface area contributed by atoms with E-state index in [1.807, 2.05) is 0 Å². The van der Waals surface area contributed by atoms with E-state index in [0.29, 0.717) is 13.0 Å². The molecule has 6 nitrogen and oxygen atoms in total. The smallest absolute Gasteiger partial charge is 0.418 e. The quantitative estimate of drug-likeness (QED) is 0.591. The van der Waals surface area contributed by atoms with E-state index in [1.165, 1.54) is 24.3 Å². The van der Waals surface area contributed by atoms with Crippen LogP contribution in [0.1, 0.15) is 25.7 Å². The molecule has 0 saturated heterocycles. The molecule has 1 fully saturated rings. The summed E-state index contributed by atoms with van der Waals surface area (Å²) in [5, 5.41) is 8.67. The molecule has 2 unspecified atom stereocenters. The zero-order chi connectivity index (χ0) is 23.1. The third-order valence-electron chi connectivity index (χ3n) is 5.32. The molecule has 0 radical (unpaired) electrons. The lowest BCUT2D eigenvalue weighted by atomic mass is 9.82. The molecular formula is C23H24F3NO5. The van der Waals surface area contributed by atoms with Gasteiger partial charge in [0.1, 0.15) is 12.4 Å². The number of rotatable bonds is 8. The SMILES string of the molecule is O=C(O)COCC1CCCC(COC(=O)N(c2cccc(F)c2)c2ccc(F)c(F)c2)C1. The van der Waals surface area contributed by atoms with Crippen LogP contribution in [0.5, 0.6) is 0 Å². The van der Waals surface area contributed by atoms with Crippen LogP contribution in [-0.2, 0) is 14.3 Å². The van der Waals surface area contributed by atoms with Crippen molar-refractivity contribution in [3.63, 3.8) is 0 Å². The molecule has 0 heterocycles. The minimum atomic E-state index is -1.15. The fourth-order valence-corrected chi connectivity index (χ4v) is 3.87. The number of carboxylic acids is 1. The highest BCUT2D eigenvalue weighted by atomic mass is 19.2. The lowest BCUT2D eigenvalue weighted by molar-refractivity contribution is -0.142. The maximum Gasteiger partial charge on any atom is 0.418 e. The van der Waals surface area contributed by atoms with Crippen LogP contribution in [0.2, 0.25) is 0 Å². The molecule has 0 bridgehead atoms. The highest BCUT2D eigenvalue weighted by Gasteiger charge is 2.26. The number of aliphatic carboxylic acids is 1. The molecule has 1 aliphatic rings. The van der Waals surface area contributed by atoms with Crippen LogP contribution in [0, 0.1) is 29.3 Å². The minimum absolute atomic E-state index is 0.00286. The molecule has 2 aromatic carbocycles. The molecule has 0 aliphatic heterocycles. The van der Waals surface area contributed by atoms with Crippen LogP contribution in [-0.4, -0.2) is 37.0 Å². The van der Waals surface area contributed by atoms with Crippen molar-refractivity contribution in [2.75, 3.05) is 24.7 Å². The summed E-state index contributed by atoms with van der Waals surface area (Å²) in [7, 11) is 0. The topological polar surface area (TPSA) is 76.1 Å². The molecule has 0 spiro atoms. The molecule has 2 atom stereocenters. The van der Waals surface area contributed by atoms with Gasteiger partial charge in [0, 0.05) is 6.07 Å². The van der Waals surface area contributed by atoms with Gasteiger partial charge in [-0.1, -0.05) is 12.5 Å². The van der Waals surface area contributed by atoms with Crippen molar-refractivity contribution in [1.29, 1.82) is 0 Å². The number of anilines is 2. The van der Waals surface area contributed by atoms with Crippen LogP contribution < -0.4 is 4.90 Å². The van der Waals surface area contributed by atoms with Gasteiger partial charge >= 0.3 is 12.1 Å². The molecule has 1 N–H and O–H groups in total. The van der Waals surface area contributed by atoms with E-state index < -0.39 is 29.5 Å². The summed E-state index contributed by atoms with van der Waals surface area (Å²) in [5.74, 6) is -3.63. The summed E-state index contributed by atoms with van der Waals surface area (Å²) in [6.45, 7) is 0.0533. The van der Waals surface area contributed by atoms with Crippen LogP contribution in [0.15, 0.2) is 42.5 Å². The van der Waals surface area contributed by atoms with Gasteiger partial charge in [0.25, 0.3) is 0 Å². The Kier molecular flexibility index (Phi) is 8.10. The minimum Gasteiger partial charge on any atom is -0.480 e. The largest absolute Gasteiger partial charge is 0.480 e. The molecule has 2 aromatic rings. The number of hydrogen-bond acceptors (Lipinski definition) is 4. The number of carbonyl (C=O) groups is 2. The van der Waals surface area contributed by atoms with Crippen molar-refractivity contribution in [3.8, 4) is 0 Å². The standard InChI is InChI=1S/C23H24F3NO5/c24-17-5-2-6-18(10-17)27(19-7-8-20(25)21(26)11-19)23(30)32-13-16-4-1-3-15(9-16)12-31-14-22(28)29/h2,5-8,10-11,15-16H,1,3-4,9,12-14H2,(H,28,29). The molecule has 1 amide bonds. The van der Waals surface area contributed by atoms with Crippen molar-refractivity contribution < 1.29 is 37.3 Å². The monoisotopic (exact) mass is 451 g/mol. The molecule has 9 heteroatoms. The Morgan fingerprint density at radius 2 is 1.69 bits per heavy atom. The number of carboxylic acid groups (broad SMARTS) is 1. The summed E-state index contributed by atoms with van der Waals surface area (Å²) < 4.78 is 51.6. The first-order chi connectivity index (χ1) is 15.3. The van der Waals surface area contributed by atoms with Gasteiger partial charge in [0.2, 0.25) is 0 Å². The summed E-state index contributed by atoms with van der Waals surface area (Å²) in [4.78, 5) is 24.5. The van der Waals surface area contributed by atoms with Crippen molar-refractivity contribution in [1.82, 2.24) is 0 Å². The molecule has 172 valence electrons. The van der Waals surface area contributed by atoms with Gasteiger partial charge in [0.15, 0.2) is 11.6 Å². The van der Waals surface area contributed by atoms with Gasteiger partial charge in [-0.25, -0.2) is 27.7 Å². The van der Waals surface area contributed by atoms with Gasteiger partial charge < -0.3 is 14.6 Å². The average Bonchev–Trinajstić information content (AvgIpc) is 2.75. The molecule has 1 aliphatic carbocycles. The first-order valence-corrected chi connectivity index (χ1v) is 10.3. The molecule has 3 rings (SSSR count). The lowest BCUT2D eigenvalue weighted by Crippen LogP contribution is -2.30. The number of carbonyl (C=O) groups excluding carboxylic acids is 1. The predicted molar refractivity (Wildman–Crippen MR) is 110 cm³/mol. The second kappa shape index (κ2) is 11.0. The number of halogens is 3. The van der Waals surface area contributed by atoms with Gasteiger partial charge in [-0.2, -0.15) is 0 Å². The molecule has 32 heavy (non-hydrogen) atoms. The van der Waals surface area contributed by atoms with Crippen molar-refractivity contribution in [2.45, 2.75) is 25.7 Å². The third kappa shape index (κ3) is 6.46. The van der Waals surface area contributed by atoms with E-state index in [9.17, 15) is 22.8 Å². The molecule has 0 aromatic heterocycles. The van der Waals surface area contributed by atoms with Crippen LogP contribution in [0.4, 0.5) is 29.3 Å². The van der Waals surface area contributed by atoms with E-state index in [4.69, 9.17) is 14.6 Å². The number of hydrogen-bond donors (Lipinski definition) is 1. The third-order valence-corrected chi connectivity index (χ3v) is 5.32. The highest BCUT2D eigenvalue weighted by Crippen LogP contribution is 2.31. The first-order valence-electron chi connectivity index (χ1n) is 10.3. The Balaban J connectivity index is 1.67. The zero-order valence-electron chi connectivity index (χ0n) is 17.3. The van der Waals surface area contributed by atoms with E-state index in [2.05, 4.69) is 0 Å². The average molecular weight is 451 g/mol. The lowest BCUT2D eigenvalue weighted by Gasteiger charge is -2.29. The van der Waals surface area contributed by atoms with E-state index in [0.717, 1.165) is 42.4 Å². The fraction of sp³-hybridized carbons (Fsp3) is 0.391. The number of ether oxygens (including phenoxy) is 2. The van der Waals surface area contributed by atoms with Gasteiger partial charge in [0.05, 0.1) is 24.6 Å². The first kappa shape index (κ1) is 23.6. The summed E-state index contributed by atoms with van der Waals surface area (Å²) in [5.41, 5.74) is 0.118. The van der Waals surface area contributed by atoms with E-state index >= 15 is 0 Å². The van der Waals surface area contributed by atoms with Crippen LogP contribution >= 0.6 is 0 Å². The second-order valence-electron chi connectivity index (χ2n) is 7.80. The van der Waals surface area contributed by atoms with Crippen molar-refractivity contribution >= 4 is 23.4 Å². The summed E-state index contributed by atoms with van der Waals surface area (Å²) in [6, 6.07) is 8.09.